The van der Waals surface area contributed by atoms with E-state index in [2.05, 4.69) is 15.1 Å². The van der Waals surface area contributed by atoms with Crippen LogP contribution >= 0.6 is 0 Å². The number of hydrogen-bond donors (Lipinski definition) is 2. The van der Waals surface area contributed by atoms with Crippen molar-refractivity contribution in [3.63, 3.8) is 0 Å². The first-order valence-corrected chi connectivity index (χ1v) is 9.30. The number of aromatic nitrogens is 2. The van der Waals surface area contributed by atoms with Gasteiger partial charge in [-0.2, -0.15) is 5.10 Å². The number of carbonyl (C=O) groups is 1. The second kappa shape index (κ2) is 8.21. The summed E-state index contributed by atoms with van der Waals surface area (Å²) in [6.07, 6.45) is 3.90. The highest BCUT2D eigenvalue weighted by Crippen LogP contribution is 2.20. The molecule has 0 aliphatic rings. The van der Waals surface area contributed by atoms with Gasteiger partial charge in [0, 0.05) is 37.0 Å². The van der Waals surface area contributed by atoms with Crippen LogP contribution in [0.5, 0.6) is 0 Å². The van der Waals surface area contributed by atoms with Gasteiger partial charge in [-0.1, -0.05) is 13.0 Å². The molecule has 0 radical (unpaired) electrons. The Morgan fingerprint density at radius 3 is 2.76 bits per heavy atom. The van der Waals surface area contributed by atoms with Crippen LogP contribution in [0.2, 0.25) is 0 Å². The molecule has 2 rings (SSSR count). The summed E-state index contributed by atoms with van der Waals surface area (Å²) in [5.41, 5.74) is 0.913. The van der Waals surface area contributed by atoms with Crippen LogP contribution in [0.15, 0.2) is 41.6 Å². The van der Waals surface area contributed by atoms with Crippen molar-refractivity contribution in [3.05, 3.63) is 47.8 Å². The molecule has 0 saturated carbocycles. The van der Waals surface area contributed by atoms with Crippen molar-refractivity contribution in [1.82, 2.24) is 19.8 Å². The lowest BCUT2D eigenvalue weighted by molar-refractivity contribution is 0.0950. The number of alkyl halides is 1. The largest absolute Gasteiger partial charge is 0.349 e. The minimum atomic E-state index is -3.83. The van der Waals surface area contributed by atoms with Gasteiger partial charge in [-0.15, -0.1) is 0 Å². The molecule has 1 amide bonds. The Kier molecular flexibility index (Phi) is 6.27. The fourth-order valence-corrected chi connectivity index (χ4v) is 3.68. The Hall–Kier alpha value is -2.26. The van der Waals surface area contributed by atoms with E-state index in [0.29, 0.717) is 6.42 Å². The van der Waals surface area contributed by atoms with Gasteiger partial charge in [0.05, 0.1) is 11.1 Å². The second-order valence-electron chi connectivity index (χ2n) is 5.50. The zero-order chi connectivity index (χ0) is 18.4. The Balaban J connectivity index is 2.22. The normalized spacial score (nSPS) is 12.8. The first kappa shape index (κ1) is 19.1. The maximum Gasteiger partial charge on any atom is 0.251 e. The monoisotopic (exact) mass is 368 g/mol. The van der Waals surface area contributed by atoms with Crippen molar-refractivity contribution >= 4 is 15.9 Å². The smallest absolute Gasteiger partial charge is 0.251 e. The predicted octanol–water partition coefficient (Wildman–Crippen LogP) is 1.55. The van der Waals surface area contributed by atoms with Crippen LogP contribution in [0.1, 0.15) is 35.3 Å². The van der Waals surface area contributed by atoms with E-state index in [1.165, 1.54) is 24.3 Å². The highest BCUT2D eigenvalue weighted by molar-refractivity contribution is 7.89. The molecule has 7 nitrogen and oxygen atoms in total. The second-order valence-corrected chi connectivity index (χ2v) is 7.22. The van der Waals surface area contributed by atoms with E-state index in [1.54, 1.807) is 24.1 Å². The van der Waals surface area contributed by atoms with Crippen molar-refractivity contribution in [2.24, 2.45) is 7.05 Å². The summed E-state index contributed by atoms with van der Waals surface area (Å²) in [4.78, 5) is 11.9. The summed E-state index contributed by atoms with van der Waals surface area (Å²) in [6.45, 7) is 1.06. The molecule has 0 saturated heterocycles. The van der Waals surface area contributed by atoms with E-state index in [4.69, 9.17) is 0 Å². The van der Waals surface area contributed by atoms with Gasteiger partial charge in [0.2, 0.25) is 10.0 Å². The molecule has 9 heteroatoms. The van der Waals surface area contributed by atoms with E-state index in [-0.39, 0.29) is 17.0 Å². The molecule has 1 aromatic carbocycles. The lowest BCUT2D eigenvalue weighted by Crippen LogP contribution is -2.29. The molecule has 1 unspecified atom stereocenters. The lowest BCUT2D eigenvalue weighted by atomic mass is 10.1. The fourth-order valence-electron chi connectivity index (χ4n) is 2.33. The SMILES string of the molecule is CCC(NS(=O)(=O)c1cccc(C(=O)NCCF)c1)c1cnn(C)c1. The number of halogens is 1. The third-order valence-corrected chi connectivity index (χ3v) is 5.09. The Morgan fingerprint density at radius 1 is 1.40 bits per heavy atom. The standard InChI is InChI=1S/C16H21FN4O3S/c1-3-15(13-10-19-21(2)11-13)20-25(23,24)14-6-4-5-12(9-14)16(22)18-8-7-17/h4-6,9-11,15,20H,3,7-8H2,1-2H3,(H,18,22). The molecule has 1 atom stereocenters. The highest BCUT2D eigenvalue weighted by Gasteiger charge is 2.22. The topological polar surface area (TPSA) is 93.1 Å². The lowest BCUT2D eigenvalue weighted by Gasteiger charge is -2.16. The summed E-state index contributed by atoms with van der Waals surface area (Å²) >= 11 is 0. The zero-order valence-corrected chi connectivity index (χ0v) is 14.9. The number of sulfonamides is 1. The fraction of sp³-hybridized carbons (Fsp3) is 0.375. The van der Waals surface area contributed by atoms with Gasteiger partial charge in [0.15, 0.2) is 0 Å². The minimum absolute atomic E-state index is 0.0252. The van der Waals surface area contributed by atoms with E-state index < -0.39 is 28.6 Å². The van der Waals surface area contributed by atoms with E-state index >= 15 is 0 Å². The summed E-state index contributed by atoms with van der Waals surface area (Å²) in [7, 11) is -2.07. The molecule has 2 N–H and O–H groups in total. The van der Waals surface area contributed by atoms with Crippen LogP contribution in [-0.2, 0) is 17.1 Å². The van der Waals surface area contributed by atoms with Gasteiger partial charge >= 0.3 is 0 Å². The maximum absolute atomic E-state index is 12.6. The van der Waals surface area contributed by atoms with Crippen LogP contribution < -0.4 is 10.0 Å². The van der Waals surface area contributed by atoms with Crippen LogP contribution in [-0.4, -0.2) is 37.3 Å². The summed E-state index contributed by atoms with van der Waals surface area (Å²) in [5.74, 6) is -0.519. The molecular formula is C16H21FN4O3S. The van der Waals surface area contributed by atoms with Crippen molar-refractivity contribution in [2.45, 2.75) is 24.3 Å². The highest BCUT2D eigenvalue weighted by atomic mass is 32.2. The minimum Gasteiger partial charge on any atom is -0.349 e. The zero-order valence-electron chi connectivity index (χ0n) is 14.1. The van der Waals surface area contributed by atoms with Crippen LogP contribution in [0, 0.1) is 0 Å². The van der Waals surface area contributed by atoms with Crippen molar-refractivity contribution < 1.29 is 17.6 Å². The molecule has 0 aliphatic heterocycles. The van der Waals surface area contributed by atoms with E-state index in [0.717, 1.165) is 5.56 Å². The average molecular weight is 368 g/mol. The number of hydrogen-bond acceptors (Lipinski definition) is 4. The van der Waals surface area contributed by atoms with Gasteiger partial charge in [-0.25, -0.2) is 17.5 Å². The summed E-state index contributed by atoms with van der Waals surface area (Å²) in [5, 5.41) is 6.42. The molecule has 1 heterocycles. The molecule has 0 bridgehead atoms. The number of amides is 1. The molecule has 25 heavy (non-hydrogen) atoms. The number of nitrogens with one attached hydrogen (secondary N) is 2. The number of nitrogens with zero attached hydrogens (tertiary/aromatic N) is 2. The molecule has 1 aromatic heterocycles. The van der Waals surface area contributed by atoms with Gasteiger partial charge < -0.3 is 5.32 Å². The van der Waals surface area contributed by atoms with Crippen molar-refractivity contribution in [1.29, 1.82) is 0 Å². The van der Waals surface area contributed by atoms with Crippen LogP contribution in [0.25, 0.3) is 0 Å². The van der Waals surface area contributed by atoms with Crippen LogP contribution in [0.3, 0.4) is 0 Å². The van der Waals surface area contributed by atoms with E-state index in [9.17, 15) is 17.6 Å². The van der Waals surface area contributed by atoms with E-state index in [1.807, 2.05) is 6.92 Å². The number of aryl methyl sites for hydroxylation is 1. The Bertz CT molecular complexity index is 835. The molecule has 0 fully saturated rings. The summed E-state index contributed by atoms with van der Waals surface area (Å²) < 4.78 is 41.7. The first-order valence-electron chi connectivity index (χ1n) is 7.82. The van der Waals surface area contributed by atoms with Gasteiger partial charge in [-0.3, -0.25) is 9.48 Å². The predicted molar refractivity (Wildman–Crippen MR) is 91.3 cm³/mol. The number of carbonyl (C=O) groups excluding carboxylic acids is 1. The molecule has 0 spiro atoms. The van der Waals surface area contributed by atoms with Crippen LogP contribution in [0.4, 0.5) is 4.39 Å². The molecular weight excluding hydrogens is 347 g/mol. The first-order chi connectivity index (χ1) is 11.9. The third-order valence-electron chi connectivity index (χ3n) is 3.62. The molecule has 0 aliphatic carbocycles. The number of rotatable bonds is 8. The van der Waals surface area contributed by atoms with Gasteiger partial charge in [-0.05, 0) is 24.6 Å². The maximum atomic E-state index is 12.6. The Labute approximate surface area is 146 Å². The number of benzene rings is 1. The average Bonchev–Trinajstić information content (AvgIpc) is 3.04. The van der Waals surface area contributed by atoms with Crippen molar-refractivity contribution in [2.75, 3.05) is 13.2 Å². The quantitative estimate of drug-likeness (QED) is 0.739. The molecule has 136 valence electrons. The Morgan fingerprint density at radius 2 is 2.16 bits per heavy atom. The molecule has 2 aromatic rings. The third kappa shape index (κ3) is 4.86. The summed E-state index contributed by atoms with van der Waals surface area (Å²) in [6, 6.07) is 5.20. The van der Waals surface area contributed by atoms with Crippen molar-refractivity contribution in [3.8, 4) is 0 Å². The van der Waals surface area contributed by atoms with Gasteiger partial charge in [0.25, 0.3) is 5.91 Å². The van der Waals surface area contributed by atoms with Gasteiger partial charge in [0.1, 0.15) is 6.67 Å².